The number of benzene rings is 2. The zero-order valence-electron chi connectivity index (χ0n) is 19.3. The van der Waals surface area contributed by atoms with Gasteiger partial charge in [-0.3, -0.25) is 9.69 Å². The molecule has 1 atom stereocenters. The third kappa shape index (κ3) is 4.95. The number of carbonyl (C=O) groups excluding carboxylic acids is 2. The Labute approximate surface area is 195 Å². The lowest BCUT2D eigenvalue weighted by Gasteiger charge is -2.33. The molecule has 2 aromatic rings. The maximum Gasteiger partial charge on any atom is 0.322 e. The summed E-state index contributed by atoms with van der Waals surface area (Å²) in [7, 11) is 0. The number of hydrogen-bond acceptors (Lipinski definition) is 3. The van der Waals surface area contributed by atoms with Crippen LogP contribution in [0.2, 0.25) is 0 Å². The Morgan fingerprint density at radius 2 is 1.94 bits per heavy atom. The van der Waals surface area contributed by atoms with E-state index in [4.69, 9.17) is 4.74 Å². The van der Waals surface area contributed by atoms with Crippen molar-refractivity contribution in [1.29, 1.82) is 0 Å². The first-order chi connectivity index (χ1) is 16.0. The molecule has 1 unspecified atom stereocenters. The van der Waals surface area contributed by atoms with E-state index >= 15 is 0 Å². The second-order valence-corrected chi connectivity index (χ2v) is 8.90. The van der Waals surface area contributed by atoms with Crippen LogP contribution in [0, 0.1) is 5.92 Å². The fourth-order valence-electron chi connectivity index (χ4n) is 4.24. The van der Waals surface area contributed by atoms with E-state index in [1.165, 1.54) is 0 Å². The molecule has 0 aromatic heterocycles. The van der Waals surface area contributed by atoms with Crippen LogP contribution in [0.5, 0.6) is 5.75 Å². The molecular formula is C27H31N3O3. The average molecular weight is 446 g/mol. The van der Waals surface area contributed by atoms with Gasteiger partial charge in [-0.25, -0.2) is 4.79 Å². The lowest BCUT2D eigenvalue weighted by molar-refractivity contribution is -0.125. The van der Waals surface area contributed by atoms with Crippen LogP contribution in [0.1, 0.15) is 37.4 Å². The van der Waals surface area contributed by atoms with Gasteiger partial charge in [-0.1, -0.05) is 62.4 Å². The second-order valence-electron chi connectivity index (χ2n) is 8.90. The predicted molar refractivity (Wildman–Crippen MR) is 128 cm³/mol. The first kappa shape index (κ1) is 22.6. The van der Waals surface area contributed by atoms with E-state index in [0.717, 1.165) is 23.2 Å². The van der Waals surface area contributed by atoms with Crippen LogP contribution in [0.15, 0.2) is 78.5 Å². The van der Waals surface area contributed by atoms with Crippen LogP contribution in [-0.4, -0.2) is 41.4 Å². The highest BCUT2D eigenvalue weighted by molar-refractivity contribution is 6.01. The lowest BCUT2D eigenvalue weighted by atomic mass is 9.95. The van der Waals surface area contributed by atoms with Crippen LogP contribution < -0.4 is 10.1 Å². The summed E-state index contributed by atoms with van der Waals surface area (Å²) in [6, 6.07) is 16.9. The Balaban J connectivity index is 1.60. The summed E-state index contributed by atoms with van der Waals surface area (Å²) in [6.45, 7) is 10.0. The molecule has 6 heteroatoms. The Morgan fingerprint density at radius 1 is 1.15 bits per heavy atom. The van der Waals surface area contributed by atoms with Gasteiger partial charge in [0.1, 0.15) is 12.4 Å². The van der Waals surface area contributed by atoms with Crippen molar-refractivity contribution in [2.24, 2.45) is 5.92 Å². The quantitative estimate of drug-likeness (QED) is 0.571. The van der Waals surface area contributed by atoms with Gasteiger partial charge in [-0.2, -0.15) is 0 Å². The normalized spacial score (nSPS) is 18.0. The molecule has 0 fully saturated rings. The standard InChI is InChI=1S/C27H31N3O3/c1-4-14-30-23-17-29(15-13-19(2)3)26(31)24(23)25(28-27(30)32)21-11-8-12-22(16-21)33-18-20-9-6-5-7-10-20/h4-12,16,19,25H,1,13-15,17-18H2,2-3H3,(H,28,32). The molecule has 1 N–H and O–H groups in total. The van der Waals surface area contributed by atoms with Gasteiger partial charge in [0.15, 0.2) is 0 Å². The summed E-state index contributed by atoms with van der Waals surface area (Å²) in [5.74, 6) is 1.18. The monoisotopic (exact) mass is 445 g/mol. The van der Waals surface area contributed by atoms with Crippen LogP contribution in [-0.2, 0) is 11.4 Å². The molecule has 2 aliphatic heterocycles. The predicted octanol–water partition coefficient (Wildman–Crippen LogP) is 4.66. The molecule has 0 bridgehead atoms. The van der Waals surface area contributed by atoms with Crippen molar-refractivity contribution in [1.82, 2.24) is 15.1 Å². The zero-order valence-corrected chi connectivity index (χ0v) is 19.3. The van der Waals surface area contributed by atoms with E-state index in [2.05, 4.69) is 25.7 Å². The summed E-state index contributed by atoms with van der Waals surface area (Å²) in [5, 5.41) is 3.03. The number of rotatable bonds is 9. The third-order valence-corrected chi connectivity index (χ3v) is 6.02. The largest absolute Gasteiger partial charge is 0.489 e. The van der Waals surface area contributed by atoms with E-state index in [-0.39, 0.29) is 11.9 Å². The van der Waals surface area contributed by atoms with Crippen molar-refractivity contribution < 1.29 is 14.3 Å². The number of nitrogens with one attached hydrogen (secondary N) is 1. The van der Waals surface area contributed by atoms with Crippen molar-refractivity contribution in [2.75, 3.05) is 19.6 Å². The molecule has 0 aliphatic carbocycles. The number of amides is 3. The average Bonchev–Trinajstić information content (AvgIpc) is 3.15. The summed E-state index contributed by atoms with van der Waals surface area (Å²) in [4.78, 5) is 29.9. The summed E-state index contributed by atoms with van der Waals surface area (Å²) >= 11 is 0. The number of hydrogen-bond donors (Lipinski definition) is 1. The molecule has 33 heavy (non-hydrogen) atoms. The summed E-state index contributed by atoms with van der Waals surface area (Å²) in [6.07, 6.45) is 2.60. The first-order valence-corrected chi connectivity index (χ1v) is 11.5. The van der Waals surface area contributed by atoms with Crippen molar-refractivity contribution in [3.63, 3.8) is 0 Å². The molecule has 0 spiro atoms. The van der Waals surface area contributed by atoms with Crippen LogP contribution in [0.3, 0.4) is 0 Å². The van der Waals surface area contributed by atoms with E-state index in [1.807, 2.05) is 59.5 Å². The smallest absolute Gasteiger partial charge is 0.322 e. The van der Waals surface area contributed by atoms with Gasteiger partial charge in [0, 0.05) is 13.1 Å². The Hall–Kier alpha value is -3.54. The lowest BCUT2D eigenvalue weighted by Crippen LogP contribution is -2.47. The Bertz CT molecular complexity index is 1060. The Morgan fingerprint density at radius 3 is 2.67 bits per heavy atom. The zero-order chi connectivity index (χ0) is 23.4. The molecule has 2 aromatic carbocycles. The van der Waals surface area contributed by atoms with Gasteiger partial charge in [0.25, 0.3) is 5.91 Å². The fraction of sp³-hybridized carbons (Fsp3) is 0.333. The minimum Gasteiger partial charge on any atom is -0.489 e. The highest BCUT2D eigenvalue weighted by Crippen LogP contribution is 2.37. The minimum atomic E-state index is -0.509. The van der Waals surface area contributed by atoms with Crippen molar-refractivity contribution in [2.45, 2.75) is 32.9 Å². The topological polar surface area (TPSA) is 61.9 Å². The Kier molecular flexibility index (Phi) is 6.82. The molecule has 172 valence electrons. The summed E-state index contributed by atoms with van der Waals surface area (Å²) < 4.78 is 5.99. The van der Waals surface area contributed by atoms with E-state index in [0.29, 0.717) is 43.5 Å². The molecule has 6 nitrogen and oxygen atoms in total. The molecule has 0 saturated heterocycles. The number of urea groups is 1. The van der Waals surface area contributed by atoms with Crippen LogP contribution in [0.25, 0.3) is 0 Å². The van der Waals surface area contributed by atoms with E-state index < -0.39 is 6.04 Å². The van der Waals surface area contributed by atoms with Gasteiger partial charge in [0.2, 0.25) is 0 Å². The highest BCUT2D eigenvalue weighted by Gasteiger charge is 2.43. The number of nitrogens with zero attached hydrogens (tertiary/aromatic N) is 2. The highest BCUT2D eigenvalue weighted by atomic mass is 16.5. The first-order valence-electron chi connectivity index (χ1n) is 11.5. The molecule has 0 radical (unpaired) electrons. The maximum absolute atomic E-state index is 13.4. The molecule has 2 aliphatic rings. The van der Waals surface area contributed by atoms with Crippen LogP contribution >= 0.6 is 0 Å². The van der Waals surface area contributed by atoms with Crippen molar-refractivity contribution in [3.8, 4) is 5.75 Å². The maximum atomic E-state index is 13.4. The second kappa shape index (κ2) is 9.94. The molecule has 0 saturated carbocycles. The van der Waals surface area contributed by atoms with Crippen molar-refractivity contribution >= 4 is 11.9 Å². The van der Waals surface area contributed by atoms with Gasteiger partial charge in [-0.05, 0) is 35.6 Å². The van der Waals surface area contributed by atoms with Crippen molar-refractivity contribution in [3.05, 3.63) is 89.6 Å². The van der Waals surface area contributed by atoms with Gasteiger partial charge in [0.05, 0.1) is 23.9 Å². The molecule has 2 heterocycles. The number of carbonyl (C=O) groups is 2. The van der Waals surface area contributed by atoms with Gasteiger partial charge >= 0.3 is 6.03 Å². The summed E-state index contributed by atoms with van der Waals surface area (Å²) in [5.41, 5.74) is 3.32. The van der Waals surface area contributed by atoms with E-state index in [1.54, 1.807) is 11.0 Å². The third-order valence-electron chi connectivity index (χ3n) is 6.02. The van der Waals surface area contributed by atoms with Gasteiger partial charge in [-0.15, -0.1) is 6.58 Å². The van der Waals surface area contributed by atoms with Gasteiger partial charge < -0.3 is 15.0 Å². The molecule has 3 amide bonds. The van der Waals surface area contributed by atoms with E-state index in [9.17, 15) is 9.59 Å². The minimum absolute atomic E-state index is 0.0136. The fourth-order valence-corrected chi connectivity index (χ4v) is 4.24. The SMILES string of the molecule is C=CCN1C(=O)NC(c2cccc(OCc3ccccc3)c2)C2=C1CN(CCC(C)C)C2=O. The molecule has 4 rings (SSSR count). The number of ether oxygens (including phenoxy) is 1. The molecular weight excluding hydrogens is 414 g/mol. The van der Waals surface area contributed by atoms with Crippen LogP contribution in [0.4, 0.5) is 4.79 Å².